The van der Waals surface area contributed by atoms with E-state index in [2.05, 4.69) is 22.5 Å². The van der Waals surface area contributed by atoms with Crippen LogP contribution in [-0.4, -0.2) is 5.91 Å². The number of benzene rings is 2. The molecule has 0 bridgehead atoms. The zero-order chi connectivity index (χ0) is 18.9. The van der Waals surface area contributed by atoms with Gasteiger partial charge in [0.25, 0.3) is 0 Å². The minimum atomic E-state index is 0.159. The predicted octanol–water partition coefficient (Wildman–Crippen LogP) is 7.04. The first-order chi connectivity index (χ1) is 13.3. The third kappa shape index (κ3) is 6.31. The van der Waals surface area contributed by atoms with Crippen molar-refractivity contribution >= 4 is 23.0 Å². The van der Waals surface area contributed by atoms with Gasteiger partial charge in [0, 0.05) is 11.6 Å². The predicted molar refractivity (Wildman–Crippen MR) is 111 cm³/mol. The molecule has 0 saturated heterocycles. The molecule has 0 spiro atoms. The van der Waals surface area contributed by atoms with Gasteiger partial charge in [-0.05, 0) is 55.2 Å². The molecule has 2 aromatic carbocycles. The molecule has 0 heterocycles. The normalized spacial score (nSPS) is 18.6. The largest absolute Gasteiger partial charge is 0.326 e. The average molecular weight is 364 g/mol. The molecular formula is C23H29N3O. The summed E-state index contributed by atoms with van der Waals surface area (Å²) in [6.45, 7) is 2.24. The van der Waals surface area contributed by atoms with E-state index >= 15 is 0 Å². The summed E-state index contributed by atoms with van der Waals surface area (Å²) in [5.41, 5.74) is 2.42. The lowest BCUT2D eigenvalue weighted by molar-refractivity contribution is -0.117. The van der Waals surface area contributed by atoms with Gasteiger partial charge in [-0.1, -0.05) is 57.2 Å². The van der Waals surface area contributed by atoms with Gasteiger partial charge in [-0.15, -0.1) is 0 Å². The Bertz CT molecular complexity index is 740. The maximum atomic E-state index is 12.4. The number of carbonyl (C=O) groups is 1. The summed E-state index contributed by atoms with van der Waals surface area (Å²) in [6, 6.07) is 17.2. The number of hydrogen-bond donors (Lipinski definition) is 1. The molecule has 142 valence electrons. The minimum Gasteiger partial charge on any atom is -0.326 e. The highest BCUT2D eigenvalue weighted by Gasteiger charge is 2.42. The summed E-state index contributed by atoms with van der Waals surface area (Å²) in [5, 5.41) is 11.5. The van der Waals surface area contributed by atoms with Crippen LogP contribution in [-0.2, 0) is 4.79 Å². The lowest BCUT2D eigenvalue weighted by atomic mass is 10.1. The summed E-state index contributed by atoms with van der Waals surface area (Å²) in [6.07, 6.45) is 8.74. The quantitative estimate of drug-likeness (QED) is 0.357. The van der Waals surface area contributed by atoms with Crippen LogP contribution in [0.2, 0.25) is 0 Å². The molecule has 1 saturated carbocycles. The first-order valence-electron chi connectivity index (χ1n) is 10.1. The first-order valence-corrected chi connectivity index (χ1v) is 10.1. The standard InChI is InChI=1S/C23H29N3O/c1-2-3-4-5-7-10-18-17-22(18)23(27)24-19-13-15-21(16-14-19)26-25-20-11-8-6-9-12-20/h6,8-9,11-16,18,22H,2-5,7,10,17H2,1H3,(H,24,27)/t18-,22-/m1/s1. The summed E-state index contributed by atoms with van der Waals surface area (Å²) < 4.78 is 0. The van der Waals surface area contributed by atoms with E-state index in [1.807, 2.05) is 54.6 Å². The van der Waals surface area contributed by atoms with Crippen molar-refractivity contribution in [2.24, 2.45) is 22.1 Å². The zero-order valence-electron chi connectivity index (χ0n) is 16.1. The third-order valence-electron chi connectivity index (χ3n) is 5.11. The molecule has 1 aliphatic rings. The molecule has 3 rings (SSSR count). The Hall–Kier alpha value is -2.49. The van der Waals surface area contributed by atoms with Crippen LogP contribution in [0, 0.1) is 11.8 Å². The summed E-state index contributed by atoms with van der Waals surface area (Å²) in [5.74, 6) is 0.950. The van der Waals surface area contributed by atoms with Crippen molar-refractivity contribution < 1.29 is 4.79 Å². The monoisotopic (exact) mass is 363 g/mol. The molecule has 4 heteroatoms. The number of carbonyl (C=O) groups excluding carboxylic acids is 1. The smallest absolute Gasteiger partial charge is 0.227 e. The van der Waals surface area contributed by atoms with E-state index in [4.69, 9.17) is 0 Å². The highest BCUT2D eigenvalue weighted by Crippen LogP contribution is 2.43. The van der Waals surface area contributed by atoms with E-state index in [0.29, 0.717) is 5.92 Å². The summed E-state index contributed by atoms with van der Waals surface area (Å²) in [7, 11) is 0. The fraction of sp³-hybridized carbons (Fsp3) is 0.435. The Morgan fingerprint density at radius 2 is 1.59 bits per heavy atom. The highest BCUT2D eigenvalue weighted by atomic mass is 16.2. The number of nitrogens with one attached hydrogen (secondary N) is 1. The lowest BCUT2D eigenvalue weighted by Crippen LogP contribution is -2.14. The van der Waals surface area contributed by atoms with Gasteiger partial charge in [0.2, 0.25) is 5.91 Å². The van der Waals surface area contributed by atoms with Crippen molar-refractivity contribution in [2.75, 3.05) is 5.32 Å². The topological polar surface area (TPSA) is 53.8 Å². The van der Waals surface area contributed by atoms with Crippen molar-refractivity contribution in [3.8, 4) is 0 Å². The maximum absolute atomic E-state index is 12.4. The second-order valence-corrected chi connectivity index (χ2v) is 7.38. The van der Waals surface area contributed by atoms with Crippen LogP contribution in [0.15, 0.2) is 64.8 Å². The van der Waals surface area contributed by atoms with Gasteiger partial charge >= 0.3 is 0 Å². The molecule has 0 radical (unpaired) electrons. The lowest BCUT2D eigenvalue weighted by Gasteiger charge is -2.05. The van der Waals surface area contributed by atoms with E-state index in [1.165, 1.54) is 38.5 Å². The van der Waals surface area contributed by atoms with Crippen molar-refractivity contribution in [1.29, 1.82) is 0 Å². The Morgan fingerprint density at radius 1 is 0.926 bits per heavy atom. The van der Waals surface area contributed by atoms with Gasteiger partial charge in [-0.25, -0.2) is 0 Å². The molecule has 0 aromatic heterocycles. The van der Waals surface area contributed by atoms with Crippen molar-refractivity contribution in [1.82, 2.24) is 0 Å². The third-order valence-corrected chi connectivity index (χ3v) is 5.11. The summed E-state index contributed by atoms with van der Waals surface area (Å²) >= 11 is 0. The molecule has 4 nitrogen and oxygen atoms in total. The van der Waals surface area contributed by atoms with Gasteiger partial charge in [0.1, 0.15) is 0 Å². The molecule has 0 unspecified atom stereocenters. The van der Waals surface area contributed by atoms with Gasteiger partial charge in [-0.2, -0.15) is 10.2 Å². The number of azo groups is 1. The Balaban J connectivity index is 1.41. The number of anilines is 1. The first kappa shape index (κ1) is 19.3. The van der Waals surface area contributed by atoms with Gasteiger partial charge < -0.3 is 5.32 Å². The number of amides is 1. The fourth-order valence-electron chi connectivity index (χ4n) is 3.35. The highest BCUT2D eigenvalue weighted by molar-refractivity contribution is 5.94. The summed E-state index contributed by atoms with van der Waals surface area (Å²) in [4.78, 5) is 12.4. The van der Waals surface area contributed by atoms with Crippen molar-refractivity contribution in [3.05, 3.63) is 54.6 Å². The van der Waals surface area contributed by atoms with Gasteiger partial charge in [-0.3, -0.25) is 4.79 Å². The van der Waals surface area contributed by atoms with Crippen LogP contribution in [0.4, 0.5) is 17.1 Å². The van der Waals surface area contributed by atoms with Crippen LogP contribution >= 0.6 is 0 Å². The molecule has 27 heavy (non-hydrogen) atoms. The Morgan fingerprint density at radius 3 is 2.30 bits per heavy atom. The number of rotatable bonds is 10. The molecule has 1 amide bonds. The number of unbranched alkanes of at least 4 members (excludes halogenated alkanes) is 4. The van der Waals surface area contributed by atoms with Crippen LogP contribution in [0.3, 0.4) is 0 Å². The average Bonchev–Trinajstić information content (AvgIpc) is 3.48. The van der Waals surface area contributed by atoms with E-state index < -0.39 is 0 Å². The number of nitrogens with zero attached hydrogens (tertiary/aromatic N) is 2. The SMILES string of the molecule is CCCCCCC[C@@H]1C[C@H]1C(=O)Nc1ccc(N=Nc2ccccc2)cc1. The van der Waals surface area contributed by atoms with Crippen molar-refractivity contribution in [2.45, 2.75) is 51.9 Å². The molecule has 1 fully saturated rings. The fourth-order valence-corrected chi connectivity index (χ4v) is 3.35. The van der Waals surface area contributed by atoms with E-state index in [-0.39, 0.29) is 11.8 Å². The maximum Gasteiger partial charge on any atom is 0.227 e. The Kier molecular flexibility index (Phi) is 7.14. The molecule has 2 atom stereocenters. The van der Waals surface area contributed by atoms with Crippen LogP contribution in [0.25, 0.3) is 0 Å². The second-order valence-electron chi connectivity index (χ2n) is 7.38. The van der Waals surface area contributed by atoms with Crippen LogP contribution < -0.4 is 5.32 Å². The minimum absolute atomic E-state index is 0.159. The van der Waals surface area contributed by atoms with E-state index in [9.17, 15) is 4.79 Å². The Labute approximate surface area is 162 Å². The van der Waals surface area contributed by atoms with Gasteiger partial charge in [0.05, 0.1) is 11.4 Å². The van der Waals surface area contributed by atoms with E-state index in [0.717, 1.165) is 23.5 Å². The molecule has 1 aliphatic carbocycles. The molecule has 1 N–H and O–H groups in total. The molecule has 0 aliphatic heterocycles. The molecular weight excluding hydrogens is 334 g/mol. The van der Waals surface area contributed by atoms with Crippen LogP contribution in [0.1, 0.15) is 51.9 Å². The second kappa shape index (κ2) is 10.0. The van der Waals surface area contributed by atoms with E-state index in [1.54, 1.807) is 0 Å². The van der Waals surface area contributed by atoms with Crippen molar-refractivity contribution in [3.63, 3.8) is 0 Å². The molecule has 2 aromatic rings. The van der Waals surface area contributed by atoms with Crippen LogP contribution in [0.5, 0.6) is 0 Å². The van der Waals surface area contributed by atoms with Gasteiger partial charge in [0.15, 0.2) is 0 Å². The number of hydrogen-bond acceptors (Lipinski definition) is 3. The zero-order valence-corrected chi connectivity index (χ0v) is 16.1.